The molecule has 2 rings (SSSR count). The lowest BCUT2D eigenvalue weighted by atomic mass is 9.92. The number of hydrogen-bond donors (Lipinski definition) is 0. The van der Waals surface area contributed by atoms with E-state index in [1.807, 2.05) is 0 Å². The average molecular weight is 344 g/mol. The third-order valence-electron chi connectivity index (χ3n) is 3.72. The summed E-state index contributed by atoms with van der Waals surface area (Å²) in [6.45, 7) is 0. The zero-order chi connectivity index (χ0) is 14.5. The third kappa shape index (κ3) is 1.53. The fraction of sp³-hybridized carbons (Fsp3) is 0.583. The lowest BCUT2D eigenvalue weighted by Gasteiger charge is -2.40. The number of alkyl halides is 2. The highest BCUT2D eigenvalue weighted by Gasteiger charge is 2.80. The van der Waals surface area contributed by atoms with Gasteiger partial charge in [-0.15, -0.1) is 23.2 Å². The summed E-state index contributed by atoms with van der Waals surface area (Å²) in [5.41, 5.74) is 0. The molecule has 3 unspecified atom stereocenters. The van der Waals surface area contributed by atoms with Crippen LogP contribution in [0.15, 0.2) is 10.1 Å². The Bertz CT molecular complexity index is 517. The molecule has 1 saturated carbocycles. The second-order valence-electron chi connectivity index (χ2n) is 4.33. The molecule has 1 fully saturated rings. The van der Waals surface area contributed by atoms with Crippen LogP contribution in [0.1, 0.15) is 6.42 Å². The van der Waals surface area contributed by atoms with Crippen molar-refractivity contribution in [3.8, 4) is 11.8 Å². The van der Waals surface area contributed by atoms with Gasteiger partial charge >= 0.3 is 0 Å². The van der Waals surface area contributed by atoms with Gasteiger partial charge in [0.25, 0.3) is 0 Å². The summed E-state index contributed by atoms with van der Waals surface area (Å²) >= 11 is 25.6. The number of halogens is 4. The van der Waals surface area contributed by atoms with Crippen molar-refractivity contribution in [1.82, 2.24) is 0 Å². The summed E-state index contributed by atoms with van der Waals surface area (Å²) < 4.78 is 10.9. The summed E-state index contributed by atoms with van der Waals surface area (Å²) in [7, 11) is 2.82. The van der Waals surface area contributed by atoms with Gasteiger partial charge < -0.3 is 9.47 Å². The number of fused-ring (bicyclic) bond motifs is 2. The Morgan fingerprint density at radius 3 is 2.26 bits per heavy atom. The number of ether oxygens (including phenoxy) is 2. The summed E-state index contributed by atoms with van der Waals surface area (Å²) in [6.07, 6.45) is 0.753. The van der Waals surface area contributed by atoms with Gasteiger partial charge in [-0.25, -0.2) is 0 Å². The van der Waals surface area contributed by atoms with Crippen molar-refractivity contribution >= 4 is 52.7 Å². The molecular formula is C12H10Cl4O3. The molecule has 3 nitrogen and oxygen atoms in total. The van der Waals surface area contributed by atoms with Gasteiger partial charge in [0.05, 0.1) is 16.0 Å². The highest BCUT2D eigenvalue weighted by molar-refractivity contribution is 6.52. The zero-order valence-electron chi connectivity index (χ0n) is 10.1. The Morgan fingerprint density at radius 2 is 1.84 bits per heavy atom. The van der Waals surface area contributed by atoms with E-state index in [2.05, 4.69) is 11.8 Å². The van der Waals surface area contributed by atoms with Crippen LogP contribution in [0.25, 0.3) is 0 Å². The van der Waals surface area contributed by atoms with Crippen LogP contribution in [-0.2, 0) is 14.3 Å². The van der Waals surface area contributed by atoms with Crippen molar-refractivity contribution < 1.29 is 14.3 Å². The van der Waals surface area contributed by atoms with Crippen LogP contribution < -0.4 is 0 Å². The summed E-state index contributed by atoms with van der Waals surface area (Å²) in [5, 5.41) is 0.338. The number of hydrogen-bond acceptors (Lipinski definition) is 3. The molecule has 0 aromatic heterocycles. The second kappa shape index (κ2) is 4.80. The number of carbonyl (C=O) groups excluding carboxylic acids is 1. The van der Waals surface area contributed by atoms with Gasteiger partial charge in [-0.1, -0.05) is 29.1 Å². The first-order valence-electron chi connectivity index (χ1n) is 5.34. The maximum Gasteiger partial charge on any atom is 0.218 e. The largest absolute Gasteiger partial charge is 0.350 e. The van der Waals surface area contributed by atoms with Crippen molar-refractivity contribution in [2.24, 2.45) is 5.92 Å². The van der Waals surface area contributed by atoms with Crippen molar-refractivity contribution in [3.63, 3.8) is 0 Å². The van der Waals surface area contributed by atoms with Gasteiger partial charge in [0.15, 0.2) is 11.2 Å². The molecule has 0 aliphatic heterocycles. The molecule has 2 aliphatic carbocycles. The predicted molar refractivity (Wildman–Crippen MR) is 74.6 cm³/mol. The van der Waals surface area contributed by atoms with Crippen LogP contribution in [0.4, 0.5) is 0 Å². The number of aldehydes is 1. The first-order chi connectivity index (χ1) is 8.85. The predicted octanol–water partition coefficient (Wildman–Crippen LogP) is 2.86. The molecule has 0 amide bonds. The summed E-state index contributed by atoms with van der Waals surface area (Å²) in [5.74, 6) is 3.12. The molecule has 0 spiro atoms. The van der Waals surface area contributed by atoms with Gasteiger partial charge in [-0.2, -0.15) is 0 Å². The molecule has 2 aliphatic rings. The zero-order valence-corrected chi connectivity index (χ0v) is 13.1. The Labute approximate surface area is 131 Å². The van der Waals surface area contributed by atoms with Crippen LogP contribution >= 0.6 is 46.4 Å². The van der Waals surface area contributed by atoms with Gasteiger partial charge in [-0.3, -0.25) is 4.79 Å². The Balaban J connectivity index is 2.67. The van der Waals surface area contributed by atoms with Crippen LogP contribution in [-0.4, -0.2) is 36.0 Å². The fourth-order valence-electron chi connectivity index (χ4n) is 2.93. The summed E-state index contributed by atoms with van der Waals surface area (Å²) in [4.78, 5) is 7.85. The van der Waals surface area contributed by atoms with E-state index in [9.17, 15) is 4.79 Å². The van der Waals surface area contributed by atoms with E-state index in [1.165, 1.54) is 14.2 Å². The van der Waals surface area contributed by atoms with E-state index < -0.39 is 21.5 Å². The Hall–Kier alpha value is 0.0500. The van der Waals surface area contributed by atoms with E-state index in [4.69, 9.17) is 55.9 Å². The Morgan fingerprint density at radius 1 is 1.26 bits per heavy atom. The average Bonchev–Trinajstić information content (AvgIpc) is 2.67. The van der Waals surface area contributed by atoms with Crippen LogP contribution in [0, 0.1) is 17.8 Å². The minimum atomic E-state index is -1.43. The van der Waals surface area contributed by atoms with Gasteiger partial charge in [0, 0.05) is 14.2 Å². The molecule has 7 heteroatoms. The molecule has 3 atom stereocenters. The van der Waals surface area contributed by atoms with E-state index >= 15 is 0 Å². The number of carbonyl (C=O) groups is 1. The first kappa shape index (κ1) is 15.4. The van der Waals surface area contributed by atoms with E-state index in [0.29, 0.717) is 6.29 Å². The minimum Gasteiger partial charge on any atom is -0.350 e. The first-order valence-corrected chi connectivity index (χ1v) is 6.86. The molecule has 0 aromatic rings. The highest BCUT2D eigenvalue weighted by Crippen LogP contribution is 2.71. The topological polar surface area (TPSA) is 35.5 Å². The maximum absolute atomic E-state index is 10.4. The highest BCUT2D eigenvalue weighted by atomic mass is 35.5. The summed E-state index contributed by atoms with van der Waals surface area (Å²) in [6, 6.07) is 0. The molecule has 0 saturated heterocycles. The van der Waals surface area contributed by atoms with Crippen molar-refractivity contribution in [2.45, 2.75) is 22.0 Å². The fourth-order valence-corrected chi connectivity index (χ4v) is 4.94. The molecular weight excluding hydrogens is 334 g/mol. The van der Waals surface area contributed by atoms with Crippen LogP contribution in [0.3, 0.4) is 0 Å². The number of methoxy groups -OCH3 is 2. The SMILES string of the molecule is COC1(OC)C2(Cl)CC(C#CC=O)C1(Cl)C(Cl)=C2Cl. The molecule has 2 bridgehead atoms. The lowest BCUT2D eigenvalue weighted by Crippen LogP contribution is -2.56. The molecule has 19 heavy (non-hydrogen) atoms. The van der Waals surface area contributed by atoms with Gasteiger partial charge in [0.2, 0.25) is 5.79 Å². The number of rotatable bonds is 2. The monoisotopic (exact) mass is 342 g/mol. The van der Waals surface area contributed by atoms with E-state index in [0.717, 1.165) is 0 Å². The van der Waals surface area contributed by atoms with Crippen molar-refractivity contribution in [2.75, 3.05) is 14.2 Å². The maximum atomic E-state index is 10.4. The standard InChI is InChI=1S/C12H10Cl4O3/c1-18-12(19-2)10(15)6-7(4-3-5-17)11(12,16)9(14)8(10)13/h5,7H,6H2,1-2H3. The van der Waals surface area contributed by atoms with Gasteiger partial charge in [-0.05, 0) is 12.3 Å². The molecule has 104 valence electrons. The Kier molecular flexibility index (Phi) is 3.90. The molecule has 0 radical (unpaired) electrons. The van der Waals surface area contributed by atoms with E-state index in [1.54, 1.807) is 0 Å². The lowest BCUT2D eigenvalue weighted by molar-refractivity contribution is -0.217. The van der Waals surface area contributed by atoms with Crippen molar-refractivity contribution in [3.05, 3.63) is 10.1 Å². The molecule has 0 aromatic carbocycles. The smallest absolute Gasteiger partial charge is 0.218 e. The normalized spacial score (nSPS) is 39.2. The third-order valence-corrected chi connectivity index (χ3v) is 6.30. The van der Waals surface area contributed by atoms with Crippen LogP contribution in [0.5, 0.6) is 0 Å². The molecule has 0 N–H and O–H groups in total. The van der Waals surface area contributed by atoms with Crippen molar-refractivity contribution in [1.29, 1.82) is 0 Å². The van der Waals surface area contributed by atoms with Gasteiger partial charge in [0.1, 0.15) is 4.87 Å². The molecule has 0 heterocycles. The second-order valence-corrected chi connectivity index (χ2v) is 6.33. The quantitative estimate of drug-likeness (QED) is 0.335. The minimum absolute atomic E-state index is 0.144. The van der Waals surface area contributed by atoms with Crippen LogP contribution in [0.2, 0.25) is 0 Å². The van der Waals surface area contributed by atoms with E-state index in [-0.39, 0.29) is 16.5 Å².